The molecule has 0 aliphatic carbocycles. The SMILES string of the molecule is CN1CCCN(C(=O)Nc2cccnc2C(=O)O)CC1. The van der Waals surface area contributed by atoms with E-state index in [1.54, 1.807) is 11.0 Å². The van der Waals surface area contributed by atoms with Crippen LogP contribution in [0.15, 0.2) is 18.3 Å². The standard InChI is InChI=1S/C13H18N4O3/c1-16-6-3-7-17(9-8-16)13(20)15-10-4-2-5-14-11(10)12(18)19/h2,4-5H,3,6-9H2,1H3,(H,15,20)(H,18,19). The Morgan fingerprint density at radius 2 is 2.10 bits per heavy atom. The average molecular weight is 278 g/mol. The lowest BCUT2D eigenvalue weighted by Crippen LogP contribution is -2.38. The van der Waals surface area contributed by atoms with E-state index in [0.717, 1.165) is 19.5 Å². The Morgan fingerprint density at radius 3 is 2.85 bits per heavy atom. The molecule has 1 aliphatic rings. The molecule has 2 N–H and O–H groups in total. The first kappa shape index (κ1) is 14.3. The summed E-state index contributed by atoms with van der Waals surface area (Å²) in [6.45, 7) is 3.06. The number of likely N-dealkylation sites (N-methyl/N-ethyl adjacent to an activating group) is 1. The van der Waals surface area contributed by atoms with Gasteiger partial charge in [0, 0.05) is 25.8 Å². The third kappa shape index (κ3) is 3.45. The summed E-state index contributed by atoms with van der Waals surface area (Å²) in [4.78, 5) is 30.9. The number of pyridine rings is 1. The van der Waals surface area contributed by atoms with Crippen molar-refractivity contribution in [1.82, 2.24) is 14.8 Å². The second-order valence-electron chi connectivity index (χ2n) is 4.78. The molecule has 1 fully saturated rings. The molecule has 1 aromatic heterocycles. The zero-order valence-electron chi connectivity index (χ0n) is 11.4. The number of aromatic carboxylic acids is 1. The Morgan fingerprint density at radius 1 is 1.30 bits per heavy atom. The molecule has 0 aromatic carbocycles. The highest BCUT2D eigenvalue weighted by Gasteiger charge is 2.19. The molecule has 0 radical (unpaired) electrons. The summed E-state index contributed by atoms with van der Waals surface area (Å²) in [6.07, 6.45) is 2.29. The molecular formula is C13H18N4O3. The third-order valence-corrected chi connectivity index (χ3v) is 3.26. The van der Waals surface area contributed by atoms with Crippen molar-refractivity contribution in [3.63, 3.8) is 0 Å². The number of hydrogen-bond donors (Lipinski definition) is 2. The van der Waals surface area contributed by atoms with Crippen molar-refractivity contribution in [2.24, 2.45) is 0 Å². The molecule has 2 heterocycles. The molecule has 7 nitrogen and oxygen atoms in total. The van der Waals surface area contributed by atoms with Crippen LogP contribution in [0.5, 0.6) is 0 Å². The molecule has 1 aromatic rings. The molecule has 7 heteroatoms. The van der Waals surface area contributed by atoms with Gasteiger partial charge in [0.25, 0.3) is 0 Å². The van der Waals surface area contributed by atoms with Crippen LogP contribution in [0.4, 0.5) is 10.5 Å². The molecule has 0 unspecified atom stereocenters. The Labute approximate surface area is 117 Å². The van der Waals surface area contributed by atoms with Gasteiger partial charge in [0.2, 0.25) is 0 Å². The van der Waals surface area contributed by atoms with Crippen molar-refractivity contribution >= 4 is 17.7 Å². The number of aromatic nitrogens is 1. The highest BCUT2D eigenvalue weighted by atomic mass is 16.4. The lowest BCUT2D eigenvalue weighted by atomic mass is 10.3. The minimum Gasteiger partial charge on any atom is -0.476 e. The van der Waals surface area contributed by atoms with Gasteiger partial charge in [-0.25, -0.2) is 14.6 Å². The van der Waals surface area contributed by atoms with Crippen LogP contribution in [0, 0.1) is 0 Å². The normalized spacial score (nSPS) is 16.6. The fourth-order valence-corrected chi connectivity index (χ4v) is 2.12. The van der Waals surface area contributed by atoms with Gasteiger partial charge >= 0.3 is 12.0 Å². The highest BCUT2D eigenvalue weighted by Crippen LogP contribution is 2.13. The minimum atomic E-state index is -1.16. The van der Waals surface area contributed by atoms with Gasteiger partial charge in [-0.05, 0) is 32.1 Å². The van der Waals surface area contributed by atoms with Crippen molar-refractivity contribution in [1.29, 1.82) is 0 Å². The maximum atomic E-state index is 12.2. The van der Waals surface area contributed by atoms with Gasteiger partial charge in [-0.3, -0.25) is 0 Å². The number of carboxylic acids is 1. The summed E-state index contributed by atoms with van der Waals surface area (Å²) in [5.74, 6) is -1.16. The van der Waals surface area contributed by atoms with Crippen molar-refractivity contribution in [3.05, 3.63) is 24.0 Å². The van der Waals surface area contributed by atoms with Gasteiger partial charge in [0.05, 0.1) is 5.69 Å². The molecule has 0 bridgehead atoms. The zero-order chi connectivity index (χ0) is 14.5. The number of anilines is 1. The predicted molar refractivity (Wildman–Crippen MR) is 73.9 cm³/mol. The molecule has 108 valence electrons. The van der Waals surface area contributed by atoms with Crippen molar-refractivity contribution in [3.8, 4) is 0 Å². The number of urea groups is 1. The van der Waals surface area contributed by atoms with E-state index in [2.05, 4.69) is 15.2 Å². The van der Waals surface area contributed by atoms with Gasteiger partial charge in [-0.1, -0.05) is 0 Å². The largest absolute Gasteiger partial charge is 0.476 e. The molecule has 2 rings (SSSR count). The molecule has 1 saturated heterocycles. The lowest BCUT2D eigenvalue weighted by Gasteiger charge is -2.21. The van der Waals surface area contributed by atoms with Crippen LogP contribution in [0.1, 0.15) is 16.9 Å². The second kappa shape index (κ2) is 6.33. The van der Waals surface area contributed by atoms with E-state index >= 15 is 0 Å². The number of nitrogens with zero attached hydrogens (tertiary/aromatic N) is 3. The molecule has 1 aliphatic heterocycles. The summed E-state index contributed by atoms with van der Waals surface area (Å²) in [5.41, 5.74) is 0.0791. The number of amides is 2. The van der Waals surface area contributed by atoms with E-state index in [1.165, 1.54) is 12.3 Å². The summed E-state index contributed by atoms with van der Waals surface area (Å²) in [5, 5.41) is 11.7. The minimum absolute atomic E-state index is 0.146. The first-order valence-electron chi connectivity index (χ1n) is 6.50. The van der Waals surface area contributed by atoms with E-state index in [-0.39, 0.29) is 17.4 Å². The fraction of sp³-hybridized carbons (Fsp3) is 0.462. The number of nitrogens with one attached hydrogen (secondary N) is 1. The first-order chi connectivity index (χ1) is 9.58. The average Bonchev–Trinajstić information content (AvgIpc) is 2.64. The molecular weight excluding hydrogens is 260 g/mol. The monoisotopic (exact) mass is 278 g/mol. The molecule has 0 spiro atoms. The van der Waals surface area contributed by atoms with Crippen LogP contribution in [0.2, 0.25) is 0 Å². The summed E-state index contributed by atoms with van der Waals surface area (Å²) in [7, 11) is 2.02. The van der Waals surface area contributed by atoms with Gasteiger partial charge in [-0.2, -0.15) is 0 Å². The molecule has 0 saturated carbocycles. The van der Waals surface area contributed by atoms with E-state index in [0.29, 0.717) is 13.1 Å². The maximum absolute atomic E-state index is 12.2. The second-order valence-corrected chi connectivity index (χ2v) is 4.78. The predicted octanol–water partition coefficient (Wildman–Crippen LogP) is 0.949. The number of carboxylic acid groups (broad SMARTS) is 1. The van der Waals surface area contributed by atoms with Crippen LogP contribution in [-0.2, 0) is 0 Å². The van der Waals surface area contributed by atoms with Crippen molar-refractivity contribution in [2.75, 3.05) is 38.5 Å². The van der Waals surface area contributed by atoms with Gasteiger partial charge in [0.15, 0.2) is 5.69 Å². The smallest absolute Gasteiger partial charge is 0.356 e. The maximum Gasteiger partial charge on any atom is 0.356 e. The van der Waals surface area contributed by atoms with Crippen LogP contribution >= 0.6 is 0 Å². The van der Waals surface area contributed by atoms with Crippen LogP contribution < -0.4 is 5.32 Å². The molecule has 0 atom stereocenters. The summed E-state index contributed by atoms with van der Waals surface area (Å²) < 4.78 is 0. The van der Waals surface area contributed by atoms with Gasteiger partial charge in [0.1, 0.15) is 0 Å². The number of rotatable bonds is 2. The van der Waals surface area contributed by atoms with E-state index in [9.17, 15) is 9.59 Å². The Balaban J connectivity index is 2.06. The molecule has 2 amide bonds. The Hall–Kier alpha value is -2.15. The lowest BCUT2D eigenvalue weighted by molar-refractivity contribution is 0.0691. The first-order valence-corrected chi connectivity index (χ1v) is 6.50. The zero-order valence-corrected chi connectivity index (χ0v) is 11.4. The fourth-order valence-electron chi connectivity index (χ4n) is 2.12. The van der Waals surface area contributed by atoms with Crippen LogP contribution in [0.25, 0.3) is 0 Å². The highest BCUT2D eigenvalue weighted by molar-refractivity contribution is 5.98. The summed E-state index contributed by atoms with van der Waals surface area (Å²) >= 11 is 0. The third-order valence-electron chi connectivity index (χ3n) is 3.26. The number of carbonyl (C=O) groups excluding carboxylic acids is 1. The number of hydrogen-bond acceptors (Lipinski definition) is 4. The Kier molecular flexibility index (Phi) is 4.52. The van der Waals surface area contributed by atoms with Crippen LogP contribution in [0.3, 0.4) is 0 Å². The van der Waals surface area contributed by atoms with E-state index in [4.69, 9.17) is 5.11 Å². The van der Waals surface area contributed by atoms with Gasteiger partial charge in [-0.15, -0.1) is 0 Å². The summed E-state index contributed by atoms with van der Waals surface area (Å²) in [6, 6.07) is 2.85. The van der Waals surface area contributed by atoms with E-state index in [1.807, 2.05) is 7.05 Å². The van der Waals surface area contributed by atoms with Gasteiger partial charge < -0.3 is 20.2 Å². The topological polar surface area (TPSA) is 85.8 Å². The van der Waals surface area contributed by atoms with Crippen molar-refractivity contribution in [2.45, 2.75) is 6.42 Å². The quantitative estimate of drug-likeness (QED) is 0.841. The Bertz CT molecular complexity index is 506. The molecule has 20 heavy (non-hydrogen) atoms. The van der Waals surface area contributed by atoms with Crippen LogP contribution in [-0.4, -0.2) is 65.1 Å². The van der Waals surface area contributed by atoms with E-state index < -0.39 is 5.97 Å². The number of carbonyl (C=O) groups is 2. The van der Waals surface area contributed by atoms with Crippen molar-refractivity contribution < 1.29 is 14.7 Å².